The molecule has 1 aromatic rings. The number of carbonyl (C=O) groups is 1. The number of amides is 1. The Hall–Kier alpha value is -0.640. The van der Waals surface area contributed by atoms with Crippen molar-refractivity contribution in [3.05, 3.63) is 30.3 Å². The van der Waals surface area contributed by atoms with Crippen LogP contribution < -0.4 is 4.74 Å². The highest BCUT2D eigenvalue weighted by Gasteiger charge is 2.35. The molecule has 3 nitrogen and oxygen atoms in total. The van der Waals surface area contributed by atoms with Gasteiger partial charge in [-0.2, -0.15) is 0 Å². The van der Waals surface area contributed by atoms with Gasteiger partial charge < -0.3 is 4.74 Å². The smallest absolute Gasteiger partial charge is 0.410 e. The van der Waals surface area contributed by atoms with Crippen LogP contribution in [0.3, 0.4) is 0 Å². The molecule has 0 aliphatic rings. The SMILES string of the molecule is CN(C(=O)Oc1ccccc1)C(Cl)(CCl)CCl. The zero-order chi connectivity index (χ0) is 12.9. The number of hydrogen-bond acceptors (Lipinski definition) is 2. The Kier molecular flexibility index (Phi) is 5.37. The zero-order valence-corrected chi connectivity index (χ0v) is 11.5. The quantitative estimate of drug-likeness (QED) is 0.628. The predicted octanol–water partition coefficient (Wildman–Crippen LogP) is 3.53. The summed E-state index contributed by atoms with van der Waals surface area (Å²) in [5, 5.41) is 0. The summed E-state index contributed by atoms with van der Waals surface area (Å²) >= 11 is 17.5. The molecule has 1 rings (SSSR count). The van der Waals surface area contributed by atoms with Crippen molar-refractivity contribution in [1.82, 2.24) is 4.90 Å². The number of benzene rings is 1. The van der Waals surface area contributed by atoms with Gasteiger partial charge in [-0.05, 0) is 12.1 Å². The number of hydrogen-bond donors (Lipinski definition) is 0. The number of alkyl halides is 3. The largest absolute Gasteiger partial charge is 0.416 e. The molecule has 0 aromatic heterocycles. The van der Waals surface area contributed by atoms with Crippen molar-refractivity contribution >= 4 is 40.9 Å². The van der Waals surface area contributed by atoms with Crippen LogP contribution in [0, 0.1) is 0 Å². The number of ether oxygens (including phenoxy) is 1. The van der Waals surface area contributed by atoms with Crippen molar-refractivity contribution in [2.75, 3.05) is 18.8 Å². The Labute approximate surface area is 115 Å². The molecule has 0 N–H and O–H groups in total. The molecule has 17 heavy (non-hydrogen) atoms. The van der Waals surface area contributed by atoms with E-state index in [1.807, 2.05) is 6.07 Å². The summed E-state index contributed by atoms with van der Waals surface area (Å²) in [7, 11) is 1.49. The fraction of sp³-hybridized carbons (Fsp3) is 0.364. The van der Waals surface area contributed by atoms with Gasteiger partial charge in [-0.15, -0.1) is 23.2 Å². The normalized spacial score (nSPS) is 11.1. The molecule has 1 amide bonds. The molecular weight excluding hydrogens is 284 g/mol. The third-order valence-corrected chi connectivity index (χ3v) is 3.91. The van der Waals surface area contributed by atoms with Gasteiger partial charge in [0.1, 0.15) is 10.7 Å². The number of carbonyl (C=O) groups excluding carboxylic acids is 1. The van der Waals surface area contributed by atoms with Crippen LogP contribution in [0.1, 0.15) is 0 Å². The Balaban J connectivity index is 2.71. The third-order valence-electron chi connectivity index (χ3n) is 2.23. The molecule has 1 aromatic carbocycles. The highest BCUT2D eigenvalue weighted by atomic mass is 35.5. The molecule has 0 saturated carbocycles. The number of para-hydroxylation sites is 1. The van der Waals surface area contributed by atoms with Crippen molar-refractivity contribution in [1.29, 1.82) is 0 Å². The van der Waals surface area contributed by atoms with Gasteiger partial charge in [-0.1, -0.05) is 29.8 Å². The van der Waals surface area contributed by atoms with Crippen LogP contribution in [-0.4, -0.2) is 34.8 Å². The fourth-order valence-electron chi connectivity index (χ4n) is 1.04. The topological polar surface area (TPSA) is 29.5 Å². The molecule has 94 valence electrons. The van der Waals surface area contributed by atoms with E-state index in [2.05, 4.69) is 0 Å². The first-order chi connectivity index (χ1) is 8.03. The first kappa shape index (κ1) is 14.4. The summed E-state index contributed by atoms with van der Waals surface area (Å²) in [5.41, 5.74) is 0. The molecule has 0 atom stereocenters. The number of rotatable bonds is 4. The second kappa shape index (κ2) is 6.34. The molecule has 0 heterocycles. The van der Waals surface area contributed by atoms with E-state index in [-0.39, 0.29) is 11.8 Å². The molecule has 0 spiro atoms. The van der Waals surface area contributed by atoms with Crippen LogP contribution >= 0.6 is 34.8 Å². The Morgan fingerprint density at radius 3 is 2.29 bits per heavy atom. The van der Waals surface area contributed by atoms with Gasteiger partial charge in [-0.3, -0.25) is 4.90 Å². The highest BCUT2D eigenvalue weighted by Crippen LogP contribution is 2.24. The van der Waals surface area contributed by atoms with Gasteiger partial charge >= 0.3 is 6.09 Å². The maximum Gasteiger partial charge on any atom is 0.416 e. The molecule has 0 aliphatic heterocycles. The van der Waals surface area contributed by atoms with E-state index in [4.69, 9.17) is 39.5 Å². The van der Waals surface area contributed by atoms with E-state index in [1.54, 1.807) is 24.3 Å². The molecule has 6 heteroatoms. The lowest BCUT2D eigenvalue weighted by atomic mass is 10.3. The van der Waals surface area contributed by atoms with Crippen molar-refractivity contribution in [3.63, 3.8) is 0 Å². The summed E-state index contributed by atoms with van der Waals surface area (Å²) < 4.78 is 5.11. The van der Waals surface area contributed by atoms with Gasteiger partial charge in [0.2, 0.25) is 0 Å². The molecule has 0 fully saturated rings. The summed E-state index contributed by atoms with van der Waals surface area (Å²) in [6.07, 6.45) is -0.604. The number of nitrogens with zero attached hydrogens (tertiary/aromatic N) is 1. The first-order valence-corrected chi connectivity index (χ1v) is 6.30. The monoisotopic (exact) mass is 295 g/mol. The summed E-state index contributed by atoms with van der Waals surface area (Å²) in [5.74, 6) is 0.462. The second-order valence-corrected chi connectivity index (χ2v) is 4.66. The van der Waals surface area contributed by atoms with E-state index in [9.17, 15) is 4.79 Å². The maximum atomic E-state index is 11.8. The van der Waals surface area contributed by atoms with Crippen LogP contribution in [0.2, 0.25) is 0 Å². The van der Waals surface area contributed by atoms with Gasteiger partial charge in [0.25, 0.3) is 0 Å². The summed E-state index contributed by atoms with van der Waals surface area (Å²) in [6, 6.07) is 8.69. The van der Waals surface area contributed by atoms with E-state index >= 15 is 0 Å². The standard InChI is InChI=1S/C11H12Cl3NO2/c1-15(11(14,7-12)8-13)10(16)17-9-5-3-2-4-6-9/h2-6H,7-8H2,1H3. The van der Waals surface area contributed by atoms with Crippen molar-refractivity contribution in [2.45, 2.75) is 5.00 Å². The lowest BCUT2D eigenvalue weighted by molar-refractivity contribution is 0.145. The van der Waals surface area contributed by atoms with Crippen molar-refractivity contribution in [2.24, 2.45) is 0 Å². The van der Waals surface area contributed by atoms with Gasteiger partial charge in [0.05, 0.1) is 11.8 Å². The van der Waals surface area contributed by atoms with Gasteiger partial charge in [0, 0.05) is 7.05 Å². The molecular formula is C11H12Cl3NO2. The van der Waals surface area contributed by atoms with E-state index in [0.29, 0.717) is 5.75 Å². The minimum absolute atomic E-state index is 0.0123. The lowest BCUT2D eigenvalue weighted by Crippen LogP contribution is -2.49. The van der Waals surface area contributed by atoms with E-state index < -0.39 is 11.1 Å². The highest BCUT2D eigenvalue weighted by molar-refractivity contribution is 6.35. The Morgan fingerprint density at radius 1 is 1.29 bits per heavy atom. The van der Waals surface area contributed by atoms with Crippen LogP contribution in [0.25, 0.3) is 0 Å². The van der Waals surface area contributed by atoms with Crippen LogP contribution in [-0.2, 0) is 0 Å². The molecule has 0 unspecified atom stereocenters. The predicted molar refractivity (Wildman–Crippen MR) is 70.3 cm³/mol. The minimum Gasteiger partial charge on any atom is -0.410 e. The van der Waals surface area contributed by atoms with Crippen LogP contribution in [0.5, 0.6) is 5.75 Å². The van der Waals surface area contributed by atoms with Gasteiger partial charge in [-0.25, -0.2) is 4.79 Å². The van der Waals surface area contributed by atoms with Crippen molar-refractivity contribution in [3.8, 4) is 5.75 Å². The molecule has 0 bridgehead atoms. The van der Waals surface area contributed by atoms with E-state index in [1.165, 1.54) is 11.9 Å². The summed E-state index contributed by atoms with van der Waals surface area (Å²) in [4.78, 5) is 11.8. The summed E-state index contributed by atoms with van der Waals surface area (Å²) in [6.45, 7) is 0. The second-order valence-electron chi connectivity index (χ2n) is 3.43. The average Bonchev–Trinajstić information content (AvgIpc) is 2.38. The maximum absolute atomic E-state index is 11.8. The molecule has 0 aliphatic carbocycles. The zero-order valence-electron chi connectivity index (χ0n) is 9.20. The Bertz CT molecular complexity index is 368. The lowest BCUT2D eigenvalue weighted by Gasteiger charge is -2.32. The minimum atomic E-state index is -1.14. The molecule has 0 radical (unpaired) electrons. The average molecular weight is 297 g/mol. The van der Waals surface area contributed by atoms with E-state index in [0.717, 1.165) is 0 Å². The van der Waals surface area contributed by atoms with Crippen molar-refractivity contribution < 1.29 is 9.53 Å². The van der Waals surface area contributed by atoms with Gasteiger partial charge in [0.15, 0.2) is 0 Å². The van der Waals surface area contributed by atoms with Crippen LogP contribution in [0.15, 0.2) is 30.3 Å². The van der Waals surface area contributed by atoms with Crippen LogP contribution in [0.4, 0.5) is 4.79 Å². The fourth-order valence-corrected chi connectivity index (χ4v) is 1.75. The first-order valence-electron chi connectivity index (χ1n) is 4.85. The molecule has 0 saturated heterocycles. The Morgan fingerprint density at radius 2 is 1.82 bits per heavy atom. The number of halogens is 3. The third kappa shape index (κ3) is 3.66.